The minimum Gasteiger partial charge on any atom is -0.438 e. The first kappa shape index (κ1) is 20.2. The molecule has 1 atom stereocenters. The van der Waals surface area contributed by atoms with Gasteiger partial charge in [-0.2, -0.15) is 23.5 Å². The highest BCUT2D eigenvalue weighted by atomic mass is 19.4. The molecule has 0 spiro atoms. The summed E-state index contributed by atoms with van der Waals surface area (Å²) in [6.45, 7) is -0.226. The summed E-state index contributed by atoms with van der Waals surface area (Å²) in [5.74, 6) is -0.0166. The molecule has 2 N–H and O–H groups in total. The smallest absolute Gasteiger partial charge is 0.435 e. The Balaban J connectivity index is 2.01. The number of aryl methyl sites for hydroxylation is 1. The van der Waals surface area contributed by atoms with Gasteiger partial charge in [0, 0.05) is 37.6 Å². The number of benzene rings is 1. The minimum absolute atomic E-state index is 0.0455. The molecule has 2 aromatic heterocycles. The van der Waals surface area contributed by atoms with Gasteiger partial charge in [0.05, 0.1) is 17.2 Å². The summed E-state index contributed by atoms with van der Waals surface area (Å²) in [4.78, 5) is 8.14. The fraction of sp³-hybridized carbons (Fsp3) is 0.222. The van der Waals surface area contributed by atoms with Gasteiger partial charge in [-0.15, -0.1) is 0 Å². The monoisotopic (exact) mass is 406 g/mol. The lowest BCUT2D eigenvalue weighted by atomic mass is 10.1. The molecule has 3 aromatic rings. The summed E-state index contributed by atoms with van der Waals surface area (Å²) in [6, 6.07) is 6.96. The topological polar surface area (TPSA) is 103 Å². The molecule has 0 fully saturated rings. The van der Waals surface area contributed by atoms with Crippen LogP contribution in [-0.4, -0.2) is 26.3 Å². The quantitative estimate of drug-likeness (QED) is 0.651. The van der Waals surface area contributed by atoms with Crippen LogP contribution in [0.25, 0.3) is 11.4 Å². The van der Waals surface area contributed by atoms with Gasteiger partial charge >= 0.3 is 6.18 Å². The molecule has 0 saturated carbocycles. The molecule has 29 heavy (non-hydrogen) atoms. The van der Waals surface area contributed by atoms with Crippen molar-refractivity contribution in [1.82, 2.24) is 19.7 Å². The van der Waals surface area contributed by atoms with Crippen LogP contribution in [-0.2, 0) is 13.2 Å². The van der Waals surface area contributed by atoms with E-state index in [2.05, 4.69) is 15.1 Å². The molecule has 0 unspecified atom stereocenters. The normalized spacial score (nSPS) is 12.4. The van der Waals surface area contributed by atoms with E-state index in [1.807, 2.05) is 6.07 Å². The third kappa shape index (κ3) is 4.33. The van der Waals surface area contributed by atoms with Gasteiger partial charge in [-0.25, -0.2) is 19.0 Å². The van der Waals surface area contributed by atoms with E-state index in [4.69, 9.17) is 15.7 Å². The second-order valence-electron chi connectivity index (χ2n) is 5.96. The van der Waals surface area contributed by atoms with Crippen molar-refractivity contribution in [2.24, 2.45) is 12.8 Å². The second-order valence-corrected chi connectivity index (χ2v) is 5.96. The Morgan fingerprint density at radius 3 is 2.48 bits per heavy atom. The Hall–Kier alpha value is -3.52. The molecule has 3 rings (SSSR count). The summed E-state index contributed by atoms with van der Waals surface area (Å²) in [5.41, 5.74) is 4.85. The SMILES string of the molecule is Cn1nc(C(F)(F)F)cc1Oc1cc(C#N)ccc1-c1ncc([C@H](F)CN)cn1. The van der Waals surface area contributed by atoms with Crippen LogP contribution < -0.4 is 10.5 Å². The Bertz CT molecular complexity index is 1060. The van der Waals surface area contributed by atoms with Crippen molar-refractivity contribution in [3.05, 3.63) is 53.5 Å². The van der Waals surface area contributed by atoms with E-state index in [0.717, 1.165) is 10.7 Å². The van der Waals surface area contributed by atoms with E-state index in [0.29, 0.717) is 5.56 Å². The molecule has 2 heterocycles. The van der Waals surface area contributed by atoms with Gasteiger partial charge in [0.1, 0.15) is 11.9 Å². The van der Waals surface area contributed by atoms with Crippen molar-refractivity contribution in [1.29, 1.82) is 5.26 Å². The lowest BCUT2D eigenvalue weighted by Crippen LogP contribution is -2.08. The number of rotatable bonds is 5. The summed E-state index contributed by atoms with van der Waals surface area (Å²) in [5, 5.41) is 12.5. The maximum absolute atomic E-state index is 13.6. The maximum atomic E-state index is 13.6. The molecule has 0 radical (unpaired) electrons. The van der Waals surface area contributed by atoms with E-state index in [-0.39, 0.29) is 35.1 Å². The summed E-state index contributed by atoms with van der Waals surface area (Å²) in [6.07, 6.45) is -3.54. The Labute approximate surface area is 162 Å². The van der Waals surface area contributed by atoms with E-state index >= 15 is 0 Å². The molecule has 0 saturated heterocycles. The molecular weight excluding hydrogens is 392 g/mol. The van der Waals surface area contributed by atoms with Crippen LogP contribution in [0.15, 0.2) is 36.7 Å². The molecule has 0 bridgehead atoms. The zero-order valence-corrected chi connectivity index (χ0v) is 15.0. The third-order valence-corrected chi connectivity index (χ3v) is 3.93. The van der Waals surface area contributed by atoms with Gasteiger partial charge < -0.3 is 10.5 Å². The van der Waals surface area contributed by atoms with E-state index in [9.17, 15) is 17.6 Å². The number of nitriles is 1. The molecule has 0 amide bonds. The highest BCUT2D eigenvalue weighted by Gasteiger charge is 2.35. The number of halogens is 4. The summed E-state index contributed by atoms with van der Waals surface area (Å²) in [7, 11) is 1.29. The molecular formula is C18H14F4N6O. The lowest BCUT2D eigenvalue weighted by molar-refractivity contribution is -0.141. The van der Waals surface area contributed by atoms with E-state index < -0.39 is 18.0 Å². The zero-order chi connectivity index (χ0) is 21.2. The first-order chi connectivity index (χ1) is 13.7. The fourth-order valence-electron chi connectivity index (χ4n) is 2.43. The Morgan fingerprint density at radius 2 is 1.93 bits per heavy atom. The summed E-state index contributed by atoms with van der Waals surface area (Å²) < 4.78 is 58.8. The van der Waals surface area contributed by atoms with Gasteiger partial charge in [0.2, 0.25) is 5.88 Å². The largest absolute Gasteiger partial charge is 0.438 e. The third-order valence-electron chi connectivity index (χ3n) is 3.93. The second kappa shape index (κ2) is 7.84. The van der Waals surface area contributed by atoms with E-state index in [1.54, 1.807) is 0 Å². The minimum atomic E-state index is -4.64. The maximum Gasteiger partial charge on any atom is 0.435 e. The van der Waals surface area contributed by atoms with Crippen molar-refractivity contribution < 1.29 is 22.3 Å². The van der Waals surface area contributed by atoms with Crippen LogP contribution in [0.3, 0.4) is 0 Å². The average molecular weight is 406 g/mol. The number of hydrogen-bond donors (Lipinski definition) is 1. The van der Waals surface area contributed by atoms with Gasteiger partial charge in [-0.3, -0.25) is 0 Å². The van der Waals surface area contributed by atoms with E-state index in [1.165, 1.54) is 37.6 Å². The van der Waals surface area contributed by atoms with Gasteiger partial charge in [-0.05, 0) is 18.2 Å². The van der Waals surface area contributed by atoms with Crippen LogP contribution in [0.1, 0.15) is 23.0 Å². The highest BCUT2D eigenvalue weighted by Crippen LogP contribution is 2.35. The standard InChI is InChI=1S/C18H14F4N6O/c1-28-16(5-15(27-28)18(20,21)22)29-14-4-10(6-23)2-3-12(14)17-25-8-11(9-26-17)13(19)7-24/h2-5,8-9,13H,7,24H2,1H3/t13-/m1/s1. The van der Waals surface area contributed by atoms with Crippen LogP contribution in [0.4, 0.5) is 17.6 Å². The predicted molar refractivity (Wildman–Crippen MR) is 93.4 cm³/mol. The Morgan fingerprint density at radius 1 is 1.24 bits per heavy atom. The van der Waals surface area contributed by atoms with Gasteiger partial charge in [-0.1, -0.05) is 0 Å². The highest BCUT2D eigenvalue weighted by molar-refractivity contribution is 5.66. The van der Waals surface area contributed by atoms with Crippen molar-refractivity contribution >= 4 is 0 Å². The number of nitrogens with two attached hydrogens (primary N) is 1. The van der Waals surface area contributed by atoms with Crippen LogP contribution in [0.2, 0.25) is 0 Å². The fourth-order valence-corrected chi connectivity index (χ4v) is 2.43. The van der Waals surface area contributed by atoms with Crippen LogP contribution in [0.5, 0.6) is 11.6 Å². The number of nitrogens with zero attached hydrogens (tertiary/aromatic N) is 5. The molecule has 1 aromatic carbocycles. The number of hydrogen-bond acceptors (Lipinski definition) is 6. The first-order valence-corrected chi connectivity index (χ1v) is 8.22. The molecule has 0 aliphatic carbocycles. The van der Waals surface area contributed by atoms with Crippen molar-refractivity contribution in [3.8, 4) is 29.1 Å². The number of aromatic nitrogens is 4. The molecule has 150 valence electrons. The molecule has 7 nitrogen and oxygen atoms in total. The average Bonchev–Trinajstić information content (AvgIpc) is 3.08. The number of ether oxygens (including phenoxy) is 1. The molecule has 0 aliphatic heterocycles. The van der Waals surface area contributed by atoms with Gasteiger partial charge in [0.25, 0.3) is 0 Å². The zero-order valence-electron chi connectivity index (χ0n) is 15.0. The predicted octanol–water partition coefficient (Wildman–Crippen LogP) is 3.53. The Kier molecular flexibility index (Phi) is 5.47. The van der Waals surface area contributed by atoms with Crippen molar-refractivity contribution in [2.75, 3.05) is 6.54 Å². The first-order valence-electron chi connectivity index (χ1n) is 8.22. The molecule has 11 heteroatoms. The number of alkyl halides is 4. The van der Waals surface area contributed by atoms with Crippen molar-refractivity contribution in [3.63, 3.8) is 0 Å². The van der Waals surface area contributed by atoms with Gasteiger partial charge in [0.15, 0.2) is 11.5 Å². The lowest BCUT2D eigenvalue weighted by Gasteiger charge is -2.11. The van der Waals surface area contributed by atoms with Crippen LogP contribution >= 0.6 is 0 Å². The molecule has 0 aliphatic rings. The van der Waals surface area contributed by atoms with Crippen molar-refractivity contribution in [2.45, 2.75) is 12.3 Å². The van der Waals surface area contributed by atoms with Crippen LogP contribution in [0, 0.1) is 11.3 Å². The summed E-state index contributed by atoms with van der Waals surface area (Å²) >= 11 is 0.